The Hall–Kier alpha value is 0.550. The molecule has 13 heteroatoms. The molecule has 0 saturated carbocycles. The third-order valence-corrected chi connectivity index (χ3v) is 9.74. The molecule has 1 N–H and O–H groups in total. The van der Waals surface area contributed by atoms with Crippen LogP contribution in [0.5, 0.6) is 0 Å². The van der Waals surface area contributed by atoms with Gasteiger partial charge in [-0.15, -0.1) is 0 Å². The Morgan fingerprint density at radius 1 is 0.769 bits per heavy atom. The molecule has 0 aliphatic carbocycles. The number of hydrogen-bond donors (Lipinski definition) is 1. The molecule has 5 unspecified atom stereocenters. The zero-order chi connectivity index (χ0) is 29.0. The van der Waals surface area contributed by atoms with Crippen LogP contribution in [0.1, 0.15) is 67.7 Å². The van der Waals surface area contributed by atoms with Gasteiger partial charge in [-0.25, -0.2) is 0 Å². The van der Waals surface area contributed by atoms with Gasteiger partial charge in [-0.1, -0.05) is 6.30 Å². The maximum Gasteiger partial charge on any atom is 0.324 e. The zero-order valence-electron chi connectivity index (χ0n) is 24.7. The highest BCUT2D eigenvalue weighted by Crippen LogP contribution is 2.50. The summed E-state index contributed by atoms with van der Waals surface area (Å²) < 4.78 is 53.9. The van der Waals surface area contributed by atoms with E-state index >= 15 is 0 Å². The van der Waals surface area contributed by atoms with Crippen LogP contribution in [0.2, 0.25) is 0 Å². The minimum atomic E-state index is -3.56. The second-order valence-corrected chi connectivity index (χ2v) is 16.9. The van der Waals surface area contributed by atoms with E-state index in [1.54, 1.807) is 0 Å². The fraction of sp³-hybridized carbons (Fsp3) is 0.962. The Bertz CT molecular complexity index is 861. The molecule has 0 bridgehead atoms. The van der Waals surface area contributed by atoms with Crippen molar-refractivity contribution < 1.29 is 46.7 Å². The van der Waals surface area contributed by atoms with Crippen LogP contribution in [-0.4, -0.2) is 105 Å². The monoisotopic (exact) mass is 616 g/mol. The molecule has 39 heavy (non-hydrogen) atoms. The van der Waals surface area contributed by atoms with Gasteiger partial charge in [0.05, 0.1) is 68.7 Å². The van der Waals surface area contributed by atoms with Crippen LogP contribution in [0.25, 0.3) is 0 Å². The van der Waals surface area contributed by atoms with E-state index < -0.39 is 26.3 Å². The fourth-order valence-corrected chi connectivity index (χ4v) is 7.91. The van der Waals surface area contributed by atoms with E-state index in [-0.39, 0.29) is 68.1 Å². The van der Waals surface area contributed by atoms with Crippen molar-refractivity contribution in [3.63, 3.8) is 0 Å². The van der Waals surface area contributed by atoms with Gasteiger partial charge >= 0.3 is 6.72 Å². The molecule has 3 heterocycles. The second-order valence-electron chi connectivity index (χ2n) is 11.6. The normalized spacial score (nSPS) is 38.5. The van der Waals surface area contributed by atoms with Gasteiger partial charge in [0.15, 0.2) is 0 Å². The van der Waals surface area contributed by atoms with Gasteiger partial charge in [-0.2, -0.15) is 0 Å². The molecule has 0 aromatic rings. The summed E-state index contributed by atoms with van der Waals surface area (Å²) in [7, 11) is -2.47. The highest BCUT2D eigenvalue weighted by Gasteiger charge is 2.41. The Kier molecular flexibility index (Phi) is 12.9. The number of hydrogen-bond acceptors (Lipinski definition) is 10. The largest absolute Gasteiger partial charge is 0.376 e. The molecule has 3 aliphatic rings. The number of ether oxygens (including phenoxy) is 5. The average molecular weight is 617 g/mol. The SMILES string of the molecule is C=P(C)(OC[C@H]1O[C@@H](C)CC1OP(O)(=S)OC[C@H]1O[C@@H](C)CC1OC(C)C)OC1C[C@H](C)O[C@@H]1COC(C)C. The maximum atomic E-state index is 10.9. The third kappa shape index (κ3) is 11.3. The summed E-state index contributed by atoms with van der Waals surface area (Å²) in [6.45, 7) is 13.0. The quantitative estimate of drug-likeness (QED) is 0.260. The molecular formula is C26H50O10P2S. The minimum absolute atomic E-state index is 0.0463. The van der Waals surface area contributed by atoms with E-state index in [4.69, 9.17) is 53.6 Å². The van der Waals surface area contributed by atoms with Crippen LogP contribution >= 0.6 is 14.1 Å². The van der Waals surface area contributed by atoms with Gasteiger partial charge in [0.25, 0.3) is 0 Å². The van der Waals surface area contributed by atoms with Crippen molar-refractivity contribution in [2.75, 3.05) is 26.5 Å². The Morgan fingerprint density at radius 2 is 1.23 bits per heavy atom. The standard InChI is InChI=1S/C26H50O10P2S/c1-16(2)28-13-24-22(11-19(6)32-24)35-37(8,9)29-14-26-23(12-20(7)34-26)36-38(27,39)30-15-25-21(31-17(3)4)10-18(5)33-25/h16-26H,8,10-15H2,1-7,9H3,(H,27,39)/t18-,19-,20-,21?,22?,23?,24+,25+,26+,37?,38?/m0/s1. The molecule has 0 spiro atoms. The van der Waals surface area contributed by atoms with Crippen molar-refractivity contribution in [1.29, 1.82) is 0 Å². The topological polar surface area (TPSA) is 103 Å². The van der Waals surface area contributed by atoms with E-state index in [1.165, 1.54) is 0 Å². The highest BCUT2D eigenvalue weighted by molar-refractivity contribution is 8.07. The Morgan fingerprint density at radius 3 is 1.77 bits per heavy atom. The lowest BCUT2D eigenvalue weighted by Gasteiger charge is -2.30. The van der Waals surface area contributed by atoms with E-state index in [0.717, 1.165) is 12.8 Å². The predicted molar refractivity (Wildman–Crippen MR) is 156 cm³/mol. The summed E-state index contributed by atoms with van der Waals surface area (Å²) in [6.07, 6.45) is 4.83. The number of rotatable bonds is 15. The molecule has 0 amide bonds. The zero-order valence-corrected chi connectivity index (χ0v) is 27.3. The van der Waals surface area contributed by atoms with Crippen molar-refractivity contribution in [2.24, 2.45) is 0 Å². The summed E-state index contributed by atoms with van der Waals surface area (Å²) in [6, 6.07) is 0. The van der Waals surface area contributed by atoms with Crippen molar-refractivity contribution >= 4 is 32.2 Å². The van der Waals surface area contributed by atoms with E-state index in [2.05, 4.69) is 6.30 Å². The van der Waals surface area contributed by atoms with Gasteiger partial charge in [0.2, 0.25) is 0 Å². The summed E-state index contributed by atoms with van der Waals surface area (Å²) in [5, 5.41) is 0. The van der Waals surface area contributed by atoms with Crippen molar-refractivity contribution in [2.45, 2.75) is 135 Å². The average Bonchev–Trinajstić information content (AvgIpc) is 3.44. The summed E-state index contributed by atoms with van der Waals surface area (Å²) in [4.78, 5) is 10.9. The van der Waals surface area contributed by atoms with Gasteiger partial charge in [0.1, 0.15) is 25.7 Å². The van der Waals surface area contributed by atoms with Crippen molar-refractivity contribution in [1.82, 2.24) is 0 Å². The van der Waals surface area contributed by atoms with Crippen LogP contribution in [-0.2, 0) is 53.6 Å². The summed E-state index contributed by atoms with van der Waals surface area (Å²) in [5.74, 6) is 0. The molecule has 11 atom stereocenters. The first kappa shape index (κ1) is 34.0. The molecule has 3 saturated heterocycles. The lowest BCUT2D eigenvalue weighted by atomic mass is 10.1. The van der Waals surface area contributed by atoms with Gasteiger partial charge in [0, 0.05) is 25.9 Å². The van der Waals surface area contributed by atoms with Gasteiger partial charge in [-0.05, 0) is 60.3 Å². The predicted octanol–water partition coefficient (Wildman–Crippen LogP) is 4.67. The lowest BCUT2D eigenvalue weighted by Crippen LogP contribution is -2.32. The highest BCUT2D eigenvalue weighted by atomic mass is 32.5. The molecule has 0 radical (unpaired) electrons. The van der Waals surface area contributed by atoms with E-state index in [1.807, 2.05) is 55.1 Å². The first-order valence-electron chi connectivity index (χ1n) is 14.1. The lowest BCUT2D eigenvalue weighted by molar-refractivity contribution is -0.0628. The van der Waals surface area contributed by atoms with E-state index in [0.29, 0.717) is 13.0 Å². The molecular weight excluding hydrogens is 566 g/mol. The summed E-state index contributed by atoms with van der Waals surface area (Å²) >= 11 is 5.36. The van der Waals surface area contributed by atoms with Crippen LogP contribution in [0.15, 0.2) is 0 Å². The maximum absolute atomic E-state index is 10.9. The second kappa shape index (κ2) is 14.8. The van der Waals surface area contributed by atoms with Crippen LogP contribution in [0.4, 0.5) is 0 Å². The Labute approximate surface area is 240 Å². The van der Waals surface area contributed by atoms with Gasteiger partial charge in [-0.3, -0.25) is 0 Å². The fourth-order valence-electron chi connectivity index (χ4n) is 5.12. The molecule has 3 aliphatic heterocycles. The molecule has 0 aromatic heterocycles. The molecule has 3 rings (SSSR count). The van der Waals surface area contributed by atoms with Gasteiger partial charge < -0.3 is 46.7 Å². The smallest absolute Gasteiger partial charge is 0.324 e. The summed E-state index contributed by atoms with van der Waals surface area (Å²) in [5.41, 5.74) is 0. The Balaban J connectivity index is 1.51. The van der Waals surface area contributed by atoms with Crippen molar-refractivity contribution in [3.05, 3.63) is 0 Å². The first-order valence-corrected chi connectivity index (χ1v) is 18.9. The molecule has 10 nitrogen and oxygen atoms in total. The molecule has 230 valence electrons. The molecule has 3 fully saturated rings. The van der Waals surface area contributed by atoms with Crippen LogP contribution < -0.4 is 0 Å². The first-order chi connectivity index (χ1) is 18.1. The van der Waals surface area contributed by atoms with Crippen molar-refractivity contribution in [3.8, 4) is 0 Å². The van der Waals surface area contributed by atoms with Crippen LogP contribution in [0.3, 0.4) is 0 Å². The minimum Gasteiger partial charge on any atom is -0.376 e. The third-order valence-electron chi connectivity index (χ3n) is 6.74. The van der Waals surface area contributed by atoms with E-state index in [9.17, 15) is 4.89 Å². The molecule has 0 aromatic carbocycles. The van der Waals surface area contributed by atoms with Crippen LogP contribution in [0, 0.1) is 0 Å².